The molecule has 4 rings (SSSR count). The van der Waals surface area contributed by atoms with Gasteiger partial charge < -0.3 is 10.5 Å². The third-order valence-corrected chi connectivity index (χ3v) is 4.66. The SMILES string of the molecule is Cc1cc(Oc2cc(C#N)ccc2-c2ncc(CCN)cn2)cc(C2CC2)n1. The van der Waals surface area contributed by atoms with E-state index in [0.29, 0.717) is 35.3 Å². The summed E-state index contributed by atoms with van der Waals surface area (Å²) >= 11 is 0. The van der Waals surface area contributed by atoms with Gasteiger partial charge in [-0.1, -0.05) is 0 Å². The summed E-state index contributed by atoms with van der Waals surface area (Å²) in [6, 6.07) is 11.3. The molecule has 3 aromatic rings. The van der Waals surface area contributed by atoms with Gasteiger partial charge in [-0.3, -0.25) is 4.98 Å². The lowest BCUT2D eigenvalue weighted by Gasteiger charge is -2.13. The van der Waals surface area contributed by atoms with Crippen LogP contribution in [0.4, 0.5) is 0 Å². The number of nitrogens with two attached hydrogens (primary N) is 1. The number of rotatable bonds is 6. The highest BCUT2D eigenvalue weighted by Crippen LogP contribution is 2.41. The number of nitrogens with zero attached hydrogens (tertiary/aromatic N) is 4. The van der Waals surface area contributed by atoms with E-state index < -0.39 is 0 Å². The van der Waals surface area contributed by atoms with Crippen molar-refractivity contribution in [3.63, 3.8) is 0 Å². The normalized spacial score (nSPS) is 13.2. The van der Waals surface area contributed by atoms with Gasteiger partial charge in [0.2, 0.25) is 0 Å². The monoisotopic (exact) mass is 371 g/mol. The highest BCUT2D eigenvalue weighted by Gasteiger charge is 2.26. The summed E-state index contributed by atoms with van der Waals surface area (Å²) in [5.41, 5.74) is 9.82. The minimum absolute atomic E-state index is 0.520. The predicted octanol–water partition coefficient (Wildman–Crippen LogP) is 3.89. The van der Waals surface area contributed by atoms with E-state index in [9.17, 15) is 5.26 Å². The zero-order chi connectivity index (χ0) is 19.5. The molecule has 1 saturated carbocycles. The Kier molecular flexibility index (Phi) is 5.00. The van der Waals surface area contributed by atoms with Crippen LogP contribution in [0.2, 0.25) is 0 Å². The van der Waals surface area contributed by atoms with Crippen LogP contribution >= 0.6 is 0 Å². The maximum absolute atomic E-state index is 9.30. The van der Waals surface area contributed by atoms with Crippen LogP contribution in [0.3, 0.4) is 0 Å². The fourth-order valence-corrected chi connectivity index (χ4v) is 3.09. The minimum Gasteiger partial charge on any atom is -0.456 e. The van der Waals surface area contributed by atoms with E-state index >= 15 is 0 Å². The van der Waals surface area contributed by atoms with Gasteiger partial charge >= 0.3 is 0 Å². The maximum Gasteiger partial charge on any atom is 0.162 e. The average Bonchev–Trinajstić information content (AvgIpc) is 3.54. The first-order valence-electron chi connectivity index (χ1n) is 9.38. The fourth-order valence-electron chi connectivity index (χ4n) is 3.09. The molecule has 0 radical (unpaired) electrons. The summed E-state index contributed by atoms with van der Waals surface area (Å²) in [7, 11) is 0. The van der Waals surface area contributed by atoms with Gasteiger partial charge in [-0.25, -0.2) is 9.97 Å². The molecular weight excluding hydrogens is 350 g/mol. The van der Waals surface area contributed by atoms with E-state index in [-0.39, 0.29) is 0 Å². The summed E-state index contributed by atoms with van der Waals surface area (Å²) in [6.45, 7) is 2.52. The summed E-state index contributed by atoms with van der Waals surface area (Å²) in [4.78, 5) is 13.5. The number of benzene rings is 1. The number of hydrogen-bond donors (Lipinski definition) is 1. The first-order chi connectivity index (χ1) is 13.7. The number of aromatic nitrogens is 3. The van der Waals surface area contributed by atoms with Crippen LogP contribution in [0.15, 0.2) is 42.7 Å². The van der Waals surface area contributed by atoms with E-state index in [4.69, 9.17) is 10.5 Å². The summed E-state index contributed by atoms with van der Waals surface area (Å²) in [5.74, 6) is 2.35. The number of aryl methyl sites for hydroxylation is 1. The largest absolute Gasteiger partial charge is 0.456 e. The van der Waals surface area contributed by atoms with Crippen molar-refractivity contribution in [1.29, 1.82) is 5.26 Å². The topological polar surface area (TPSA) is 97.7 Å². The lowest BCUT2D eigenvalue weighted by molar-refractivity contribution is 0.481. The fraction of sp³-hybridized carbons (Fsp3) is 0.273. The lowest BCUT2D eigenvalue weighted by atomic mass is 10.1. The lowest BCUT2D eigenvalue weighted by Crippen LogP contribution is -2.04. The van der Waals surface area contributed by atoms with Gasteiger partial charge in [0.15, 0.2) is 5.82 Å². The van der Waals surface area contributed by atoms with Crippen molar-refractivity contribution >= 4 is 0 Å². The number of nitriles is 1. The molecule has 2 aromatic heterocycles. The molecule has 0 spiro atoms. The molecule has 0 atom stereocenters. The third kappa shape index (κ3) is 4.00. The quantitative estimate of drug-likeness (QED) is 0.706. The second-order valence-electron chi connectivity index (χ2n) is 7.02. The predicted molar refractivity (Wildman–Crippen MR) is 106 cm³/mol. The van der Waals surface area contributed by atoms with E-state index in [0.717, 1.165) is 28.9 Å². The van der Waals surface area contributed by atoms with Gasteiger partial charge in [-0.2, -0.15) is 5.26 Å². The van der Waals surface area contributed by atoms with E-state index in [1.54, 1.807) is 24.5 Å². The van der Waals surface area contributed by atoms with Crippen molar-refractivity contribution in [2.75, 3.05) is 6.54 Å². The van der Waals surface area contributed by atoms with E-state index in [1.807, 2.05) is 25.1 Å². The van der Waals surface area contributed by atoms with Gasteiger partial charge in [0.1, 0.15) is 11.5 Å². The highest BCUT2D eigenvalue weighted by atomic mass is 16.5. The Hall–Kier alpha value is -3.30. The summed E-state index contributed by atoms with van der Waals surface area (Å²) < 4.78 is 6.19. The second-order valence-corrected chi connectivity index (χ2v) is 7.02. The standard InChI is InChI=1S/C22H21N5O/c1-14-8-18(10-20(27-14)17-3-4-17)28-21-9-15(11-24)2-5-19(21)22-25-12-16(6-7-23)13-26-22/h2,5,8-10,12-13,17H,3-4,6-7,23H2,1H3. The van der Waals surface area contributed by atoms with Crippen molar-refractivity contribution in [2.24, 2.45) is 5.73 Å². The second kappa shape index (κ2) is 7.75. The number of hydrogen-bond acceptors (Lipinski definition) is 6. The molecule has 1 fully saturated rings. The molecule has 6 heteroatoms. The Morgan fingerprint density at radius 1 is 1.18 bits per heavy atom. The highest BCUT2D eigenvalue weighted by molar-refractivity contribution is 5.66. The van der Waals surface area contributed by atoms with Crippen LogP contribution in [-0.4, -0.2) is 21.5 Å². The molecule has 1 aliphatic rings. The van der Waals surface area contributed by atoms with Crippen LogP contribution in [0, 0.1) is 18.3 Å². The van der Waals surface area contributed by atoms with Crippen molar-refractivity contribution < 1.29 is 4.74 Å². The van der Waals surface area contributed by atoms with Crippen molar-refractivity contribution in [2.45, 2.75) is 32.1 Å². The molecule has 0 saturated heterocycles. The summed E-state index contributed by atoms with van der Waals surface area (Å²) in [5, 5.41) is 9.30. The third-order valence-electron chi connectivity index (χ3n) is 4.66. The van der Waals surface area contributed by atoms with Crippen LogP contribution in [0.5, 0.6) is 11.5 Å². The van der Waals surface area contributed by atoms with E-state index in [2.05, 4.69) is 21.0 Å². The molecule has 1 aliphatic carbocycles. The first kappa shape index (κ1) is 18.1. The molecule has 0 aliphatic heterocycles. The van der Waals surface area contributed by atoms with Crippen molar-refractivity contribution in [3.8, 4) is 29.0 Å². The average molecular weight is 371 g/mol. The Morgan fingerprint density at radius 2 is 1.96 bits per heavy atom. The molecule has 1 aromatic carbocycles. The van der Waals surface area contributed by atoms with Gasteiger partial charge in [-0.15, -0.1) is 0 Å². The van der Waals surface area contributed by atoms with Crippen LogP contribution in [0.1, 0.15) is 41.3 Å². The van der Waals surface area contributed by atoms with Gasteiger partial charge in [0, 0.05) is 41.8 Å². The summed E-state index contributed by atoms with van der Waals surface area (Å²) in [6.07, 6.45) is 6.64. The zero-order valence-corrected chi connectivity index (χ0v) is 15.7. The Morgan fingerprint density at radius 3 is 2.64 bits per heavy atom. The van der Waals surface area contributed by atoms with E-state index in [1.165, 1.54) is 12.8 Å². The molecule has 6 nitrogen and oxygen atoms in total. The van der Waals surface area contributed by atoms with Crippen LogP contribution < -0.4 is 10.5 Å². The molecular formula is C22H21N5O. The van der Waals surface area contributed by atoms with Crippen LogP contribution in [0.25, 0.3) is 11.4 Å². The number of ether oxygens (including phenoxy) is 1. The minimum atomic E-state index is 0.520. The Bertz CT molecular complexity index is 1040. The smallest absolute Gasteiger partial charge is 0.162 e. The molecule has 2 heterocycles. The van der Waals surface area contributed by atoms with Crippen molar-refractivity contribution in [1.82, 2.24) is 15.0 Å². The Labute approximate surface area is 164 Å². The maximum atomic E-state index is 9.30. The molecule has 0 amide bonds. The van der Waals surface area contributed by atoms with Crippen LogP contribution in [-0.2, 0) is 6.42 Å². The molecule has 0 bridgehead atoms. The molecule has 0 unspecified atom stereocenters. The molecule has 140 valence electrons. The first-order valence-corrected chi connectivity index (χ1v) is 9.38. The van der Waals surface area contributed by atoms with Crippen molar-refractivity contribution in [3.05, 3.63) is 65.2 Å². The Balaban J connectivity index is 1.70. The van der Waals surface area contributed by atoms with Gasteiger partial charge in [-0.05, 0) is 56.5 Å². The molecule has 28 heavy (non-hydrogen) atoms. The van der Waals surface area contributed by atoms with Gasteiger partial charge in [0.25, 0.3) is 0 Å². The number of pyridine rings is 1. The molecule has 2 N–H and O–H groups in total. The van der Waals surface area contributed by atoms with Gasteiger partial charge in [0.05, 0.1) is 17.2 Å². The zero-order valence-electron chi connectivity index (χ0n) is 15.7.